The van der Waals surface area contributed by atoms with Crippen LogP contribution in [0.4, 0.5) is 0 Å². The number of aryl methyl sites for hydroxylation is 1. The number of aromatic nitrogens is 2. The molecule has 1 aliphatic rings. The minimum atomic E-state index is -0.161. The first-order valence-electron chi connectivity index (χ1n) is 7.80. The number of hydrogen-bond acceptors (Lipinski definition) is 5. The molecule has 1 amide bonds. The van der Waals surface area contributed by atoms with Crippen molar-refractivity contribution >= 4 is 17.2 Å². The minimum Gasteiger partial charge on any atom is -0.351 e. The number of carbonyl (C=O) groups is 1. The highest BCUT2D eigenvalue weighted by molar-refractivity contribution is 7.14. The predicted molar refractivity (Wildman–Crippen MR) is 89.9 cm³/mol. The van der Waals surface area contributed by atoms with E-state index in [4.69, 9.17) is 0 Å². The molecule has 6 nitrogen and oxygen atoms in total. The molecule has 3 heterocycles. The molecule has 0 saturated carbocycles. The fourth-order valence-electron chi connectivity index (χ4n) is 2.73. The number of amides is 1. The van der Waals surface area contributed by atoms with E-state index in [2.05, 4.69) is 20.6 Å². The van der Waals surface area contributed by atoms with Crippen molar-refractivity contribution in [3.63, 3.8) is 0 Å². The summed E-state index contributed by atoms with van der Waals surface area (Å²) in [6, 6.07) is 5.75. The Morgan fingerprint density at radius 3 is 3.09 bits per heavy atom. The van der Waals surface area contributed by atoms with Crippen LogP contribution in [0.1, 0.15) is 45.0 Å². The fraction of sp³-hybridized carbons (Fsp3) is 0.438. The van der Waals surface area contributed by atoms with Gasteiger partial charge in [-0.1, -0.05) is 0 Å². The molecule has 3 N–H and O–H groups in total. The number of H-pyrrole nitrogens is 1. The van der Waals surface area contributed by atoms with Crippen LogP contribution in [0.15, 0.2) is 23.0 Å². The molecule has 0 bridgehead atoms. The van der Waals surface area contributed by atoms with Gasteiger partial charge in [0.25, 0.3) is 11.5 Å². The van der Waals surface area contributed by atoms with E-state index in [-0.39, 0.29) is 11.5 Å². The summed E-state index contributed by atoms with van der Waals surface area (Å²) in [5.41, 5.74) is 0.521. The number of hydrogen-bond donors (Lipinski definition) is 3. The second-order valence-electron chi connectivity index (χ2n) is 5.69. The van der Waals surface area contributed by atoms with Crippen LogP contribution in [-0.2, 0) is 6.42 Å². The minimum absolute atomic E-state index is 0.0748. The van der Waals surface area contributed by atoms with E-state index >= 15 is 0 Å². The maximum absolute atomic E-state index is 12.2. The molecule has 7 heteroatoms. The van der Waals surface area contributed by atoms with Crippen LogP contribution in [0.5, 0.6) is 0 Å². The maximum atomic E-state index is 12.2. The molecule has 2 aromatic rings. The molecule has 23 heavy (non-hydrogen) atoms. The second-order valence-corrected chi connectivity index (χ2v) is 6.81. The average molecular weight is 332 g/mol. The van der Waals surface area contributed by atoms with Crippen molar-refractivity contribution in [1.82, 2.24) is 20.6 Å². The normalized spacial score (nSPS) is 17.3. The highest BCUT2D eigenvalue weighted by atomic mass is 32.1. The third kappa shape index (κ3) is 4.05. The summed E-state index contributed by atoms with van der Waals surface area (Å²) in [5.74, 6) is 0.520. The Morgan fingerprint density at radius 1 is 1.48 bits per heavy atom. The van der Waals surface area contributed by atoms with Gasteiger partial charge in [-0.05, 0) is 38.4 Å². The first-order valence-corrected chi connectivity index (χ1v) is 8.61. The van der Waals surface area contributed by atoms with Crippen molar-refractivity contribution in [3.05, 3.63) is 49.8 Å². The van der Waals surface area contributed by atoms with Crippen molar-refractivity contribution in [3.8, 4) is 0 Å². The van der Waals surface area contributed by atoms with E-state index in [1.807, 2.05) is 12.1 Å². The zero-order valence-corrected chi connectivity index (χ0v) is 13.8. The lowest BCUT2D eigenvalue weighted by molar-refractivity contribution is 0.0958. The monoisotopic (exact) mass is 332 g/mol. The van der Waals surface area contributed by atoms with Gasteiger partial charge < -0.3 is 15.6 Å². The molecule has 0 spiro atoms. The maximum Gasteiger partial charge on any atom is 0.261 e. The Morgan fingerprint density at radius 2 is 2.35 bits per heavy atom. The van der Waals surface area contributed by atoms with Gasteiger partial charge in [0.05, 0.1) is 4.88 Å². The van der Waals surface area contributed by atoms with Crippen LogP contribution in [0, 0.1) is 6.92 Å². The van der Waals surface area contributed by atoms with Gasteiger partial charge in [0, 0.05) is 35.6 Å². The van der Waals surface area contributed by atoms with Crippen molar-refractivity contribution in [2.75, 3.05) is 13.1 Å². The van der Waals surface area contributed by atoms with Gasteiger partial charge in [-0.25, -0.2) is 4.98 Å². The lowest BCUT2D eigenvalue weighted by Gasteiger charge is -2.06. The SMILES string of the molecule is Cc1cc(=O)[nH]c(CCNC(=O)c2ccc([C@@H]3CCCN3)s2)n1. The Kier molecular flexibility index (Phi) is 4.88. The number of carbonyl (C=O) groups excluding carboxylic acids is 1. The third-order valence-electron chi connectivity index (χ3n) is 3.82. The van der Waals surface area contributed by atoms with E-state index in [1.165, 1.54) is 17.4 Å². The Labute approximate surface area is 138 Å². The van der Waals surface area contributed by atoms with Crippen LogP contribution in [0.2, 0.25) is 0 Å². The molecule has 3 rings (SSSR count). The number of nitrogens with zero attached hydrogens (tertiary/aromatic N) is 1. The molecule has 122 valence electrons. The van der Waals surface area contributed by atoms with E-state index in [9.17, 15) is 9.59 Å². The third-order valence-corrected chi connectivity index (χ3v) is 5.02. The Hall–Kier alpha value is -1.99. The molecule has 1 atom stereocenters. The highest BCUT2D eigenvalue weighted by Crippen LogP contribution is 2.29. The molecule has 2 aromatic heterocycles. The summed E-state index contributed by atoms with van der Waals surface area (Å²) >= 11 is 1.54. The lowest BCUT2D eigenvalue weighted by atomic mass is 10.2. The van der Waals surface area contributed by atoms with Gasteiger partial charge in [-0.2, -0.15) is 0 Å². The lowest BCUT2D eigenvalue weighted by Crippen LogP contribution is -2.26. The van der Waals surface area contributed by atoms with Crippen molar-refractivity contribution in [2.24, 2.45) is 0 Å². The van der Waals surface area contributed by atoms with E-state index in [1.54, 1.807) is 18.3 Å². The van der Waals surface area contributed by atoms with Crippen LogP contribution in [0.25, 0.3) is 0 Å². The van der Waals surface area contributed by atoms with Crippen LogP contribution in [0.3, 0.4) is 0 Å². The summed E-state index contributed by atoms with van der Waals surface area (Å²) in [4.78, 5) is 32.4. The summed E-state index contributed by atoms with van der Waals surface area (Å²) in [5, 5.41) is 6.32. The molecular weight excluding hydrogens is 312 g/mol. The van der Waals surface area contributed by atoms with E-state index in [0.29, 0.717) is 30.5 Å². The Balaban J connectivity index is 1.54. The molecule has 0 aliphatic carbocycles. The largest absolute Gasteiger partial charge is 0.351 e. The van der Waals surface area contributed by atoms with Gasteiger partial charge in [-0.3, -0.25) is 9.59 Å². The smallest absolute Gasteiger partial charge is 0.261 e. The van der Waals surface area contributed by atoms with Gasteiger partial charge in [0.1, 0.15) is 5.82 Å². The predicted octanol–water partition coefficient (Wildman–Crippen LogP) is 1.54. The quantitative estimate of drug-likeness (QED) is 0.775. The van der Waals surface area contributed by atoms with Crippen molar-refractivity contribution < 1.29 is 4.79 Å². The molecule has 0 aromatic carbocycles. The zero-order valence-electron chi connectivity index (χ0n) is 13.0. The average Bonchev–Trinajstić information content (AvgIpc) is 3.17. The number of thiophene rings is 1. The molecule has 1 aliphatic heterocycles. The first kappa shape index (κ1) is 15.9. The fourth-order valence-corrected chi connectivity index (χ4v) is 3.77. The summed E-state index contributed by atoms with van der Waals surface area (Å²) in [7, 11) is 0. The number of nitrogens with one attached hydrogen (secondary N) is 3. The van der Waals surface area contributed by atoms with Gasteiger partial charge in [0.2, 0.25) is 0 Å². The van der Waals surface area contributed by atoms with Gasteiger partial charge >= 0.3 is 0 Å². The number of rotatable bonds is 5. The van der Waals surface area contributed by atoms with Crippen LogP contribution >= 0.6 is 11.3 Å². The van der Waals surface area contributed by atoms with Crippen LogP contribution in [-0.4, -0.2) is 29.0 Å². The molecule has 0 unspecified atom stereocenters. The topological polar surface area (TPSA) is 86.9 Å². The molecule has 0 radical (unpaired) electrons. The van der Waals surface area contributed by atoms with E-state index < -0.39 is 0 Å². The molecule has 1 saturated heterocycles. The highest BCUT2D eigenvalue weighted by Gasteiger charge is 2.19. The van der Waals surface area contributed by atoms with Crippen molar-refractivity contribution in [1.29, 1.82) is 0 Å². The zero-order chi connectivity index (χ0) is 16.2. The summed E-state index contributed by atoms with van der Waals surface area (Å²) in [6.07, 6.45) is 2.82. The van der Waals surface area contributed by atoms with Crippen LogP contribution < -0.4 is 16.2 Å². The molecule has 1 fully saturated rings. The number of aromatic amines is 1. The summed E-state index contributed by atoms with van der Waals surface area (Å²) < 4.78 is 0. The molecular formula is C16H20N4O2S. The van der Waals surface area contributed by atoms with E-state index in [0.717, 1.165) is 17.8 Å². The standard InChI is InChI=1S/C16H20N4O2S/c1-10-9-15(21)20-14(19-10)6-8-18-16(22)13-5-4-12(23-13)11-3-2-7-17-11/h4-5,9,11,17H,2-3,6-8H2,1H3,(H,18,22)(H,19,20,21)/t11-/m0/s1. The second kappa shape index (κ2) is 7.06. The Bertz CT molecular complexity index is 747. The summed E-state index contributed by atoms with van der Waals surface area (Å²) in [6.45, 7) is 3.27. The van der Waals surface area contributed by atoms with Gasteiger partial charge in [-0.15, -0.1) is 11.3 Å². The first-order chi connectivity index (χ1) is 11.1. The van der Waals surface area contributed by atoms with Gasteiger partial charge in [0.15, 0.2) is 0 Å². The van der Waals surface area contributed by atoms with Crippen molar-refractivity contribution in [2.45, 2.75) is 32.2 Å².